The lowest BCUT2D eigenvalue weighted by Gasteiger charge is -2.19. The minimum Gasteiger partial charge on any atom is -0.359 e. The third-order valence-corrected chi connectivity index (χ3v) is 2.89. The first-order valence-electron chi connectivity index (χ1n) is 5.64. The van der Waals surface area contributed by atoms with E-state index < -0.39 is 0 Å². The van der Waals surface area contributed by atoms with Crippen LogP contribution in [0.15, 0.2) is 22.9 Å². The highest BCUT2D eigenvalue weighted by atomic mass is 16.5. The van der Waals surface area contributed by atoms with Crippen LogP contribution in [0, 0.1) is 0 Å². The summed E-state index contributed by atoms with van der Waals surface area (Å²) in [7, 11) is 0. The van der Waals surface area contributed by atoms with Crippen LogP contribution in [0.25, 0.3) is 11.5 Å². The van der Waals surface area contributed by atoms with Gasteiger partial charge in [-0.1, -0.05) is 11.6 Å². The molecule has 1 fully saturated rings. The zero-order valence-electron chi connectivity index (χ0n) is 8.94. The second-order valence-electron chi connectivity index (χ2n) is 4.04. The summed E-state index contributed by atoms with van der Waals surface area (Å²) in [6, 6.07) is 4.08. The average Bonchev–Trinajstić information content (AvgIpc) is 3.01. The van der Waals surface area contributed by atoms with Crippen LogP contribution in [-0.2, 0) is 0 Å². The molecule has 0 saturated carbocycles. The molecule has 0 spiro atoms. The fourth-order valence-electron chi connectivity index (χ4n) is 2.02. The molecular formula is C11H14N4O. The van der Waals surface area contributed by atoms with Gasteiger partial charge in [-0.2, -0.15) is 4.98 Å². The van der Waals surface area contributed by atoms with Crippen LogP contribution in [0.5, 0.6) is 0 Å². The number of hydrogen-bond donors (Lipinski definition) is 2. The van der Waals surface area contributed by atoms with E-state index in [9.17, 15) is 0 Å². The van der Waals surface area contributed by atoms with Crippen molar-refractivity contribution in [3.8, 4) is 11.5 Å². The van der Waals surface area contributed by atoms with Gasteiger partial charge in [0.15, 0.2) is 0 Å². The first-order valence-corrected chi connectivity index (χ1v) is 5.64. The van der Waals surface area contributed by atoms with E-state index in [-0.39, 0.29) is 6.04 Å². The molecule has 1 unspecified atom stereocenters. The van der Waals surface area contributed by atoms with E-state index in [4.69, 9.17) is 4.52 Å². The number of H-pyrrole nitrogens is 1. The Morgan fingerprint density at radius 3 is 3.12 bits per heavy atom. The third kappa shape index (κ3) is 1.74. The van der Waals surface area contributed by atoms with Crippen molar-refractivity contribution in [3.63, 3.8) is 0 Å². The molecule has 0 aromatic carbocycles. The van der Waals surface area contributed by atoms with Gasteiger partial charge < -0.3 is 14.8 Å². The Kier molecular flexibility index (Phi) is 2.46. The van der Waals surface area contributed by atoms with Crippen molar-refractivity contribution in [3.05, 3.63) is 24.2 Å². The first kappa shape index (κ1) is 9.59. The van der Waals surface area contributed by atoms with Gasteiger partial charge in [-0.05, 0) is 31.5 Å². The van der Waals surface area contributed by atoms with Gasteiger partial charge in [0, 0.05) is 6.20 Å². The smallest absolute Gasteiger partial charge is 0.244 e. The van der Waals surface area contributed by atoms with Gasteiger partial charge in [0.2, 0.25) is 11.7 Å². The summed E-state index contributed by atoms with van der Waals surface area (Å²) in [6.07, 6.45) is 5.38. The topological polar surface area (TPSA) is 66.7 Å². The molecular weight excluding hydrogens is 204 g/mol. The van der Waals surface area contributed by atoms with E-state index in [0.717, 1.165) is 18.7 Å². The maximum Gasteiger partial charge on any atom is 0.244 e. The van der Waals surface area contributed by atoms with Crippen LogP contribution in [0.2, 0.25) is 0 Å². The van der Waals surface area contributed by atoms with Gasteiger partial charge in [0.1, 0.15) is 0 Å². The lowest BCUT2D eigenvalue weighted by Crippen LogP contribution is -2.26. The van der Waals surface area contributed by atoms with Gasteiger partial charge >= 0.3 is 0 Å². The van der Waals surface area contributed by atoms with Gasteiger partial charge in [-0.25, -0.2) is 0 Å². The van der Waals surface area contributed by atoms with Crippen molar-refractivity contribution in [2.45, 2.75) is 25.3 Å². The molecule has 0 aliphatic carbocycles. The van der Waals surface area contributed by atoms with Gasteiger partial charge in [0.25, 0.3) is 0 Å². The van der Waals surface area contributed by atoms with Crippen LogP contribution >= 0.6 is 0 Å². The highest BCUT2D eigenvalue weighted by Crippen LogP contribution is 2.23. The second kappa shape index (κ2) is 4.09. The molecule has 0 radical (unpaired) electrons. The van der Waals surface area contributed by atoms with Crippen molar-refractivity contribution >= 4 is 0 Å². The SMILES string of the molecule is c1c[nH]c(-c2noc(C3CCCCN3)n2)c1. The summed E-state index contributed by atoms with van der Waals surface area (Å²) < 4.78 is 5.28. The Labute approximate surface area is 93.3 Å². The van der Waals surface area contributed by atoms with Crippen molar-refractivity contribution < 1.29 is 4.52 Å². The van der Waals surface area contributed by atoms with Crippen molar-refractivity contribution in [1.29, 1.82) is 0 Å². The highest BCUT2D eigenvalue weighted by molar-refractivity contribution is 5.47. The monoisotopic (exact) mass is 218 g/mol. The molecule has 1 saturated heterocycles. The molecule has 2 aromatic heterocycles. The predicted molar refractivity (Wildman–Crippen MR) is 58.7 cm³/mol. The summed E-state index contributed by atoms with van der Waals surface area (Å²) in [5.41, 5.74) is 0.894. The summed E-state index contributed by atoms with van der Waals surface area (Å²) >= 11 is 0. The second-order valence-corrected chi connectivity index (χ2v) is 4.04. The Morgan fingerprint density at radius 1 is 1.38 bits per heavy atom. The predicted octanol–water partition coefficient (Wildman–Crippen LogP) is 1.88. The Bertz CT molecular complexity index is 442. The van der Waals surface area contributed by atoms with E-state index in [1.54, 1.807) is 0 Å². The maximum atomic E-state index is 5.28. The summed E-state index contributed by atoms with van der Waals surface area (Å²) in [6.45, 7) is 1.03. The lowest BCUT2D eigenvalue weighted by molar-refractivity contribution is 0.297. The van der Waals surface area contributed by atoms with E-state index in [2.05, 4.69) is 20.4 Å². The molecule has 3 heterocycles. The molecule has 5 nitrogen and oxygen atoms in total. The van der Waals surface area contributed by atoms with E-state index in [1.807, 2.05) is 18.3 Å². The number of rotatable bonds is 2. The Balaban J connectivity index is 1.82. The summed E-state index contributed by atoms with van der Waals surface area (Å²) in [5.74, 6) is 1.33. The van der Waals surface area contributed by atoms with Crippen LogP contribution in [0.1, 0.15) is 31.2 Å². The van der Waals surface area contributed by atoms with Crippen molar-refractivity contribution in [1.82, 2.24) is 20.4 Å². The largest absolute Gasteiger partial charge is 0.359 e. The number of nitrogens with one attached hydrogen (secondary N) is 2. The molecule has 84 valence electrons. The molecule has 1 aliphatic heterocycles. The molecule has 5 heteroatoms. The van der Waals surface area contributed by atoms with Gasteiger partial charge in [-0.3, -0.25) is 0 Å². The molecule has 16 heavy (non-hydrogen) atoms. The minimum atomic E-state index is 0.227. The molecule has 0 bridgehead atoms. The quantitative estimate of drug-likeness (QED) is 0.807. The van der Waals surface area contributed by atoms with Crippen molar-refractivity contribution in [2.24, 2.45) is 0 Å². The van der Waals surface area contributed by atoms with Gasteiger partial charge in [0.05, 0.1) is 11.7 Å². The first-order chi connectivity index (χ1) is 7.93. The van der Waals surface area contributed by atoms with Gasteiger partial charge in [-0.15, -0.1) is 0 Å². The van der Waals surface area contributed by atoms with Crippen LogP contribution in [-0.4, -0.2) is 21.7 Å². The molecule has 1 aliphatic rings. The van der Waals surface area contributed by atoms with Crippen LogP contribution in [0.3, 0.4) is 0 Å². The maximum absolute atomic E-state index is 5.28. The van der Waals surface area contributed by atoms with Crippen molar-refractivity contribution in [2.75, 3.05) is 6.54 Å². The third-order valence-electron chi connectivity index (χ3n) is 2.89. The number of piperidine rings is 1. The van der Waals surface area contributed by atoms with E-state index in [1.165, 1.54) is 12.8 Å². The van der Waals surface area contributed by atoms with Crippen LogP contribution < -0.4 is 5.32 Å². The number of aromatic amines is 1. The van der Waals surface area contributed by atoms with Crippen LogP contribution in [0.4, 0.5) is 0 Å². The molecule has 2 aromatic rings. The fourth-order valence-corrected chi connectivity index (χ4v) is 2.02. The Morgan fingerprint density at radius 2 is 2.38 bits per heavy atom. The van der Waals surface area contributed by atoms with E-state index in [0.29, 0.717) is 11.7 Å². The molecule has 3 rings (SSSR count). The summed E-state index contributed by atoms with van der Waals surface area (Å²) in [4.78, 5) is 7.47. The number of hydrogen-bond acceptors (Lipinski definition) is 4. The van der Waals surface area contributed by atoms with E-state index >= 15 is 0 Å². The normalized spacial score (nSPS) is 21.1. The zero-order chi connectivity index (χ0) is 10.8. The number of nitrogens with zero attached hydrogens (tertiary/aromatic N) is 2. The standard InChI is InChI=1S/C11H14N4O/c1-2-6-13-9(4-1)11-14-10(15-16-11)8-5-3-7-12-8/h3,5,7,9,12-13H,1-2,4,6H2. The minimum absolute atomic E-state index is 0.227. The Hall–Kier alpha value is -1.62. The lowest BCUT2D eigenvalue weighted by atomic mass is 10.1. The molecule has 0 amide bonds. The fraction of sp³-hybridized carbons (Fsp3) is 0.455. The summed E-state index contributed by atoms with van der Waals surface area (Å²) in [5, 5.41) is 7.36. The highest BCUT2D eigenvalue weighted by Gasteiger charge is 2.21. The molecule has 2 N–H and O–H groups in total. The molecule has 1 atom stereocenters. The average molecular weight is 218 g/mol. The zero-order valence-corrected chi connectivity index (χ0v) is 8.94. The number of aromatic nitrogens is 3.